The number of ether oxygens (including phenoxy) is 8. The summed E-state index contributed by atoms with van der Waals surface area (Å²) in [5, 5.41) is 172. The van der Waals surface area contributed by atoms with Crippen LogP contribution in [0.25, 0.3) is 0 Å². The van der Waals surface area contributed by atoms with Crippen LogP contribution in [0, 0.1) is 0 Å². The molecule has 4 rings (SSSR count). The lowest BCUT2D eigenvalue weighted by Gasteiger charge is -2.50. The van der Waals surface area contributed by atoms with Gasteiger partial charge in [-0.2, -0.15) is 0 Å². The first kappa shape index (κ1) is 52.6. The van der Waals surface area contributed by atoms with Crippen molar-refractivity contribution in [2.45, 2.75) is 161 Å². The van der Waals surface area contributed by atoms with E-state index in [9.17, 15) is 91.3 Å². The quantitative estimate of drug-likeness (QED) is 0.0572. The molecule has 4 heterocycles. The van der Waals surface area contributed by atoms with Gasteiger partial charge in [-0.15, -0.1) is 0 Å². The smallest absolute Gasteiger partial charge is 0.217 e. The Labute approximate surface area is 352 Å². The summed E-state index contributed by atoms with van der Waals surface area (Å²) < 4.78 is 45.5. The van der Waals surface area contributed by atoms with Crippen LogP contribution in [0.1, 0.15) is 13.8 Å². The normalized spacial score (nSPS) is 43.6. The maximum absolute atomic E-state index is 12.6. The zero-order valence-corrected chi connectivity index (χ0v) is 33.3. The third-order valence-electron chi connectivity index (χ3n) is 10.8. The van der Waals surface area contributed by atoms with E-state index in [2.05, 4.69) is 10.6 Å². The van der Waals surface area contributed by atoms with E-state index in [1.54, 1.807) is 0 Å². The Bertz CT molecular complexity index is 1390. The van der Waals surface area contributed by atoms with E-state index >= 15 is 0 Å². The van der Waals surface area contributed by atoms with Gasteiger partial charge >= 0.3 is 0 Å². The van der Waals surface area contributed by atoms with Gasteiger partial charge in [-0.05, 0) is 0 Å². The van der Waals surface area contributed by atoms with Crippen molar-refractivity contribution in [3.05, 3.63) is 0 Å². The summed E-state index contributed by atoms with van der Waals surface area (Å²) in [5.74, 6) is -1.55. The fourth-order valence-corrected chi connectivity index (χ4v) is 7.43. The monoisotopic (exact) mass is 912 g/mol. The first-order valence-corrected chi connectivity index (χ1v) is 19.5. The van der Waals surface area contributed by atoms with Crippen LogP contribution in [-0.4, -0.2) is 280 Å². The first-order chi connectivity index (χ1) is 29.3. The van der Waals surface area contributed by atoms with Crippen molar-refractivity contribution in [3.63, 3.8) is 0 Å². The first-order valence-electron chi connectivity index (χ1n) is 19.5. The van der Waals surface area contributed by atoms with Crippen molar-refractivity contribution < 1.29 is 129 Å². The van der Waals surface area contributed by atoms with E-state index in [1.165, 1.54) is 0 Å². The van der Waals surface area contributed by atoms with Gasteiger partial charge in [0.25, 0.3) is 0 Å². The van der Waals surface area contributed by atoms with Gasteiger partial charge in [-0.3, -0.25) is 9.59 Å². The van der Waals surface area contributed by atoms with Crippen LogP contribution in [0.3, 0.4) is 0 Å². The number of aliphatic hydroxyl groups is 16. The molecule has 0 aromatic carbocycles. The molecule has 0 aromatic rings. The van der Waals surface area contributed by atoms with Crippen LogP contribution in [0.2, 0.25) is 0 Å². The molecular formula is C34H60N2O26. The highest BCUT2D eigenvalue weighted by molar-refractivity contribution is 5.73. The Balaban J connectivity index is 1.61. The van der Waals surface area contributed by atoms with E-state index in [1.807, 2.05) is 0 Å². The van der Waals surface area contributed by atoms with E-state index in [0.717, 1.165) is 13.8 Å². The number of carbonyl (C=O) groups is 2. The van der Waals surface area contributed by atoms with Crippen molar-refractivity contribution >= 4 is 11.8 Å². The van der Waals surface area contributed by atoms with Crippen LogP contribution in [0.15, 0.2) is 0 Å². The second kappa shape index (κ2) is 23.4. The number of hydrogen-bond donors (Lipinski definition) is 18. The number of amides is 2. The molecule has 0 unspecified atom stereocenters. The van der Waals surface area contributed by atoms with Crippen molar-refractivity contribution in [1.29, 1.82) is 0 Å². The van der Waals surface area contributed by atoms with Gasteiger partial charge in [-0.1, -0.05) is 0 Å². The summed E-state index contributed by atoms with van der Waals surface area (Å²) in [5.41, 5.74) is 0. The third kappa shape index (κ3) is 11.9. The average molecular weight is 913 g/mol. The molecular weight excluding hydrogens is 852 g/mol. The zero-order chi connectivity index (χ0) is 46.3. The Kier molecular flexibility index (Phi) is 19.9. The number of rotatable bonds is 19. The molecule has 0 spiro atoms. The zero-order valence-electron chi connectivity index (χ0n) is 33.3. The minimum atomic E-state index is -2.18. The Hall–Kier alpha value is -2.02. The van der Waals surface area contributed by atoms with Crippen LogP contribution < -0.4 is 10.6 Å². The molecule has 4 saturated heterocycles. The highest BCUT2D eigenvalue weighted by Crippen LogP contribution is 2.35. The summed E-state index contributed by atoms with van der Waals surface area (Å²) in [7, 11) is 0. The number of nitrogens with one attached hydrogen (secondary N) is 2. The molecule has 18 N–H and O–H groups in total. The van der Waals surface area contributed by atoms with Gasteiger partial charge in [0.1, 0.15) is 122 Å². The molecule has 28 heteroatoms. The predicted octanol–water partition coefficient (Wildman–Crippen LogP) is -12.0. The fourth-order valence-electron chi connectivity index (χ4n) is 7.43. The van der Waals surface area contributed by atoms with E-state index < -0.39 is 199 Å². The van der Waals surface area contributed by atoms with Gasteiger partial charge in [0.05, 0.1) is 39.6 Å². The Morgan fingerprint density at radius 1 is 0.484 bits per heavy atom. The SMILES string of the molecule is CC(=O)N[C@H]1[C@@H](O[C@H]2[C@@H](O)[C@@H](CO)O[C@@H](O[C@H]3[C@@H](O)[C@@H](CO)O[C@H](O[C@@H]4[C@H](O)[C@@H](O)[C@H](O[C@@H]([C@H](O)[C@@H](O)CO)[C@H](O)CO)O[C@@H]4CO)[C@@H]3O)[C@@H]2NC(C)=O)O[C@H](CO)[C@H](O)[C@@H]1O. The predicted molar refractivity (Wildman–Crippen MR) is 192 cm³/mol. The summed E-state index contributed by atoms with van der Waals surface area (Å²) >= 11 is 0. The van der Waals surface area contributed by atoms with Crippen molar-refractivity contribution in [3.8, 4) is 0 Å². The van der Waals surface area contributed by atoms with Crippen molar-refractivity contribution in [2.75, 3.05) is 39.6 Å². The molecule has 0 bridgehead atoms. The minimum absolute atomic E-state index is 0.736. The van der Waals surface area contributed by atoms with Crippen LogP contribution in [-0.2, 0) is 47.5 Å². The second-order valence-electron chi connectivity index (χ2n) is 15.2. The average Bonchev–Trinajstić information content (AvgIpc) is 3.24. The second-order valence-corrected chi connectivity index (χ2v) is 15.2. The summed E-state index contributed by atoms with van der Waals surface area (Å²) in [6.45, 7) is -3.84. The van der Waals surface area contributed by atoms with E-state index in [0.29, 0.717) is 0 Å². The van der Waals surface area contributed by atoms with Crippen LogP contribution in [0.5, 0.6) is 0 Å². The summed E-state index contributed by atoms with van der Waals surface area (Å²) in [4.78, 5) is 24.6. The highest BCUT2D eigenvalue weighted by atomic mass is 16.8. The molecule has 0 saturated carbocycles. The van der Waals surface area contributed by atoms with Crippen LogP contribution in [0.4, 0.5) is 0 Å². The molecule has 0 aliphatic carbocycles. The number of carbonyl (C=O) groups excluding carboxylic acids is 2. The molecule has 0 aromatic heterocycles. The third-order valence-corrected chi connectivity index (χ3v) is 10.8. The van der Waals surface area contributed by atoms with Gasteiger partial charge in [-0.25, -0.2) is 0 Å². The molecule has 0 radical (unpaired) electrons. The highest BCUT2D eigenvalue weighted by Gasteiger charge is 2.56. The largest absolute Gasteiger partial charge is 0.394 e. The molecule has 4 fully saturated rings. The number of hydrogen-bond acceptors (Lipinski definition) is 26. The Morgan fingerprint density at radius 3 is 1.44 bits per heavy atom. The molecule has 2 amide bonds. The lowest BCUT2D eigenvalue weighted by atomic mass is 9.93. The fraction of sp³-hybridized carbons (Fsp3) is 0.941. The molecule has 4 aliphatic heterocycles. The molecule has 362 valence electrons. The van der Waals surface area contributed by atoms with E-state index in [4.69, 9.17) is 37.9 Å². The summed E-state index contributed by atoms with van der Waals surface area (Å²) in [6.07, 6.45) is -41.8. The summed E-state index contributed by atoms with van der Waals surface area (Å²) in [6, 6.07) is -3.25. The molecule has 28 nitrogen and oxygen atoms in total. The lowest BCUT2D eigenvalue weighted by molar-refractivity contribution is -0.382. The topological polar surface area (TPSA) is 456 Å². The van der Waals surface area contributed by atoms with Gasteiger partial charge in [0.2, 0.25) is 11.8 Å². The van der Waals surface area contributed by atoms with Gasteiger partial charge in [0, 0.05) is 13.8 Å². The molecule has 24 atom stereocenters. The molecule has 62 heavy (non-hydrogen) atoms. The van der Waals surface area contributed by atoms with Crippen LogP contribution >= 0.6 is 0 Å². The standard InChI is InChI=1S/C34H60N2O26/c1-9(43)35-17-23(51)20(48)13(5-39)55-31(17)61-29-18(36-10(2)44)32(56-14(6-40)21(29)49)62-30-22(50)15(7-41)57-34(26(30)54)60-28-16(8-42)58-33(25(53)24(28)52)59-27(12(46)4-38)19(47)11(45)3-37/h11-34,37-42,45-54H,3-8H2,1-2H3,(H,35,43)(H,36,44)/t11-,12+,13+,14+,15+,16+,17+,18+,19+,20-,21-,22-,23+,24+,25+,26+,27+,28-,29+,30-,31+,32-,33-,34+/m0/s1. The Morgan fingerprint density at radius 2 is 0.919 bits per heavy atom. The maximum atomic E-state index is 12.6. The van der Waals surface area contributed by atoms with Crippen molar-refractivity contribution in [1.82, 2.24) is 10.6 Å². The number of aliphatic hydroxyl groups excluding tert-OH is 16. The van der Waals surface area contributed by atoms with E-state index in [-0.39, 0.29) is 0 Å². The van der Waals surface area contributed by atoms with Gasteiger partial charge < -0.3 is 130 Å². The minimum Gasteiger partial charge on any atom is -0.394 e. The lowest BCUT2D eigenvalue weighted by Crippen LogP contribution is -2.71. The molecule has 4 aliphatic rings. The van der Waals surface area contributed by atoms with Gasteiger partial charge in [0.15, 0.2) is 25.2 Å². The maximum Gasteiger partial charge on any atom is 0.217 e. The van der Waals surface area contributed by atoms with Crippen molar-refractivity contribution in [2.24, 2.45) is 0 Å².